The fraction of sp³-hybridized carbons (Fsp3) is 0.444. The van der Waals surface area contributed by atoms with Gasteiger partial charge in [-0.2, -0.15) is 0 Å². The van der Waals surface area contributed by atoms with Gasteiger partial charge < -0.3 is 38.3 Å². The van der Waals surface area contributed by atoms with Crippen molar-refractivity contribution in [2.45, 2.75) is 31.3 Å². The molecule has 0 unspecified atom stereocenters. The molecule has 0 bridgehead atoms. The van der Waals surface area contributed by atoms with Gasteiger partial charge >= 0.3 is 17.9 Å². The van der Waals surface area contributed by atoms with Gasteiger partial charge in [0, 0.05) is 30.2 Å². The number of benzene rings is 2. The Balaban J connectivity index is 1.62. The molecule has 1 fully saturated rings. The topological polar surface area (TPSA) is 136 Å². The second-order valence-corrected chi connectivity index (χ2v) is 9.25. The summed E-state index contributed by atoms with van der Waals surface area (Å²) in [4.78, 5) is 36.8. The lowest BCUT2D eigenvalue weighted by Crippen LogP contribution is -2.36. The highest BCUT2D eigenvalue weighted by Crippen LogP contribution is 2.56. The molecular weight excluding hydrogens is 500 g/mol. The van der Waals surface area contributed by atoms with E-state index in [0.717, 1.165) is 5.56 Å². The number of carbonyl (C=O) groups is 3. The summed E-state index contributed by atoms with van der Waals surface area (Å²) in [6.45, 7) is 0.104. The minimum Gasteiger partial charge on any atom is -0.493 e. The van der Waals surface area contributed by atoms with Gasteiger partial charge in [0.15, 0.2) is 23.0 Å². The maximum Gasteiger partial charge on any atom is 0.310 e. The van der Waals surface area contributed by atoms with Crippen molar-refractivity contribution in [1.82, 2.24) is 0 Å². The first-order chi connectivity index (χ1) is 18.4. The summed E-state index contributed by atoms with van der Waals surface area (Å²) in [7, 11) is 4.54. The molecule has 5 rings (SSSR count). The zero-order chi connectivity index (χ0) is 27.0. The lowest BCUT2D eigenvalue weighted by Gasteiger charge is -2.38. The number of hydrogen-bond donors (Lipinski definition) is 1. The second-order valence-electron chi connectivity index (χ2n) is 9.25. The van der Waals surface area contributed by atoms with Crippen molar-refractivity contribution in [1.29, 1.82) is 0 Å². The average Bonchev–Trinajstić information content (AvgIpc) is 3.52. The van der Waals surface area contributed by atoms with E-state index in [9.17, 15) is 14.4 Å². The van der Waals surface area contributed by atoms with Crippen molar-refractivity contribution in [3.05, 3.63) is 41.0 Å². The number of fused-ring (bicyclic) bond motifs is 3. The molecule has 4 atom stereocenters. The second kappa shape index (κ2) is 10.3. The Bertz CT molecular complexity index is 1240. The van der Waals surface area contributed by atoms with Gasteiger partial charge in [0.1, 0.15) is 6.10 Å². The predicted molar refractivity (Wildman–Crippen MR) is 129 cm³/mol. The molecular formula is C27H28O11. The van der Waals surface area contributed by atoms with Crippen molar-refractivity contribution in [2.75, 3.05) is 34.7 Å². The van der Waals surface area contributed by atoms with Crippen LogP contribution in [0.25, 0.3) is 0 Å². The van der Waals surface area contributed by atoms with E-state index in [1.165, 1.54) is 21.3 Å². The lowest BCUT2D eigenvalue weighted by atomic mass is 9.66. The number of cyclic esters (lactones) is 1. The number of hydrogen-bond acceptors (Lipinski definition) is 10. The van der Waals surface area contributed by atoms with E-state index in [1.807, 2.05) is 0 Å². The highest BCUT2D eigenvalue weighted by molar-refractivity contribution is 5.79. The van der Waals surface area contributed by atoms with Crippen molar-refractivity contribution >= 4 is 17.9 Å². The standard InChI is InChI=1S/C27H28O11/c1-32-19-7-13(8-20(33-2)26(19)34-3)23-14-9-17-18(37-12-36-17)10-15(14)25(16-11-35-27(31)24(16)23)38-22(30)6-4-5-21(28)29/h7-10,16,23-25H,4-6,11-12H2,1-3H3,(H,28,29)/t16-,23-,24-,25+/m0/s1. The molecule has 2 aromatic rings. The average molecular weight is 529 g/mol. The van der Waals surface area contributed by atoms with E-state index in [2.05, 4.69) is 0 Å². The van der Waals surface area contributed by atoms with E-state index < -0.39 is 41.8 Å². The molecule has 202 valence electrons. The zero-order valence-corrected chi connectivity index (χ0v) is 21.2. The Morgan fingerprint density at radius 2 is 1.58 bits per heavy atom. The van der Waals surface area contributed by atoms with Crippen LogP contribution < -0.4 is 23.7 Å². The first-order valence-electron chi connectivity index (χ1n) is 12.2. The molecule has 0 amide bonds. The maximum atomic E-state index is 13.2. The van der Waals surface area contributed by atoms with Gasteiger partial charge in [0.05, 0.1) is 33.9 Å². The molecule has 0 aromatic heterocycles. The van der Waals surface area contributed by atoms with Gasteiger partial charge in [-0.05, 0) is 41.8 Å². The molecule has 1 saturated heterocycles. The molecule has 0 saturated carbocycles. The highest BCUT2D eigenvalue weighted by atomic mass is 16.7. The smallest absolute Gasteiger partial charge is 0.310 e. The molecule has 2 aliphatic heterocycles. The minimum atomic E-state index is -0.989. The summed E-state index contributed by atoms with van der Waals surface area (Å²) >= 11 is 0. The number of carboxylic acids is 1. The van der Waals surface area contributed by atoms with Crippen LogP contribution in [0.15, 0.2) is 24.3 Å². The quantitative estimate of drug-likeness (QED) is 0.481. The van der Waals surface area contributed by atoms with Gasteiger partial charge in [-0.1, -0.05) is 0 Å². The number of carboxylic acid groups (broad SMARTS) is 1. The van der Waals surface area contributed by atoms with Crippen LogP contribution in [-0.2, 0) is 23.9 Å². The Kier molecular flexibility index (Phi) is 6.92. The largest absolute Gasteiger partial charge is 0.493 e. The number of aliphatic carboxylic acids is 1. The molecule has 0 spiro atoms. The van der Waals surface area contributed by atoms with Gasteiger partial charge in [-0.25, -0.2) is 0 Å². The Morgan fingerprint density at radius 3 is 2.18 bits per heavy atom. The van der Waals surface area contributed by atoms with Crippen LogP contribution in [0.2, 0.25) is 0 Å². The van der Waals surface area contributed by atoms with Gasteiger partial charge in [0.2, 0.25) is 12.5 Å². The van der Waals surface area contributed by atoms with Crippen LogP contribution in [0.5, 0.6) is 28.7 Å². The van der Waals surface area contributed by atoms with Crippen LogP contribution in [-0.4, -0.2) is 57.7 Å². The molecule has 11 nitrogen and oxygen atoms in total. The third-order valence-electron chi connectivity index (χ3n) is 7.20. The molecule has 0 radical (unpaired) electrons. The van der Waals surface area contributed by atoms with Crippen LogP contribution in [0, 0.1) is 11.8 Å². The zero-order valence-electron chi connectivity index (χ0n) is 21.2. The number of carbonyl (C=O) groups excluding carboxylic acids is 2. The van der Waals surface area contributed by atoms with Crippen LogP contribution in [0.1, 0.15) is 48.0 Å². The van der Waals surface area contributed by atoms with E-state index in [4.69, 9.17) is 38.3 Å². The van der Waals surface area contributed by atoms with Crippen molar-refractivity contribution < 1.29 is 52.6 Å². The molecule has 1 N–H and O–H groups in total. The van der Waals surface area contributed by atoms with E-state index in [0.29, 0.717) is 39.9 Å². The van der Waals surface area contributed by atoms with Gasteiger partial charge in [-0.15, -0.1) is 0 Å². The summed E-state index contributed by atoms with van der Waals surface area (Å²) in [6.07, 6.45) is -0.865. The number of methoxy groups -OCH3 is 3. The summed E-state index contributed by atoms with van der Waals surface area (Å²) in [6, 6.07) is 7.16. The van der Waals surface area contributed by atoms with E-state index in [1.54, 1.807) is 24.3 Å². The highest BCUT2D eigenvalue weighted by Gasteiger charge is 2.54. The van der Waals surface area contributed by atoms with Crippen molar-refractivity contribution in [3.8, 4) is 28.7 Å². The van der Waals surface area contributed by atoms with Crippen LogP contribution in [0.4, 0.5) is 0 Å². The summed E-state index contributed by atoms with van der Waals surface area (Å²) in [5.41, 5.74) is 2.10. The first-order valence-corrected chi connectivity index (χ1v) is 12.2. The SMILES string of the molecule is COc1cc([C@H]2c3cc4c(cc3[C@@H](OC(=O)CCCC(=O)O)[C@H]3COC(=O)[C@H]23)OCO4)cc(OC)c1OC. The number of rotatable bonds is 9. The number of esters is 2. The molecule has 1 aliphatic carbocycles. The van der Waals surface area contributed by atoms with Crippen LogP contribution >= 0.6 is 0 Å². The van der Waals surface area contributed by atoms with Crippen molar-refractivity contribution in [2.24, 2.45) is 11.8 Å². The van der Waals surface area contributed by atoms with E-state index >= 15 is 0 Å². The van der Waals surface area contributed by atoms with Gasteiger partial charge in [-0.3, -0.25) is 14.4 Å². The summed E-state index contributed by atoms with van der Waals surface area (Å²) in [5, 5.41) is 8.91. The minimum absolute atomic E-state index is 0.0433. The Labute approximate surface area is 218 Å². The number of ether oxygens (including phenoxy) is 7. The third-order valence-corrected chi connectivity index (χ3v) is 7.20. The normalized spacial score (nSPS) is 22.7. The first kappa shape index (κ1) is 25.5. The summed E-state index contributed by atoms with van der Waals surface area (Å²) < 4.78 is 39.2. The monoisotopic (exact) mass is 528 g/mol. The van der Waals surface area contributed by atoms with E-state index in [-0.39, 0.29) is 32.7 Å². The molecule has 38 heavy (non-hydrogen) atoms. The summed E-state index contributed by atoms with van der Waals surface area (Å²) in [5.74, 6) is -1.33. The lowest BCUT2D eigenvalue weighted by molar-refractivity contribution is -0.154. The maximum absolute atomic E-state index is 13.2. The Hall–Kier alpha value is -4.15. The molecule has 2 heterocycles. The fourth-order valence-electron chi connectivity index (χ4n) is 5.53. The molecule has 11 heteroatoms. The van der Waals surface area contributed by atoms with Crippen molar-refractivity contribution in [3.63, 3.8) is 0 Å². The third kappa shape index (κ3) is 4.42. The van der Waals surface area contributed by atoms with Crippen LogP contribution in [0.3, 0.4) is 0 Å². The fourth-order valence-corrected chi connectivity index (χ4v) is 5.53. The molecule has 2 aromatic carbocycles. The molecule has 3 aliphatic rings. The predicted octanol–water partition coefficient (Wildman–Crippen LogP) is 3.22. The van der Waals surface area contributed by atoms with Gasteiger partial charge in [0.25, 0.3) is 0 Å². The Morgan fingerprint density at radius 1 is 0.921 bits per heavy atom.